The number of aryl methyl sites for hydroxylation is 1. The standard InChI is InChI=1S/C19H20FNO2/c1-19(2)10-9-14-11-13(12-3-6-15(20)7-4-12)5-8-16(14)17(19)23-18(21)22/h3-8,11,17H,9-10H2,1-2H3,(H2,21,22). The summed E-state index contributed by atoms with van der Waals surface area (Å²) in [6.45, 7) is 4.16. The van der Waals surface area contributed by atoms with Crippen LogP contribution >= 0.6 is 0 Å². The van der Waals surface area contributed by atoms with Crippen molar-refractivity contribution in [3.05, 3.63) is 59.4 Å². The van der Waals surface area contributed by atoms with Gasteiger partial charge < -0.3 is 10.5 Å². The molecule has 0 heterocycles. The Morgan fingerprint density at radius 3 is 2.48 bits per heavy atom. The molecule has 3 nitrogen and oxygen atoms in total. The molecule has 1 atom stereocenters. The molecule has 2 aromatic carbocycles. The minimum atomic E-state index is -0.751. The van der Waals surface area contributed by atoms with Gasteiger partial charge in [0.25, 0.3) is 0 Å². The highest BCUT2D eigenvalue weighted by Crippen LogP contribution is 2.46. The van der Waals surface area contributed by atoms with Crippen molar-refractivity contribution >= 4 is 6.09 Å². The van der Waals surface area contributed by atoms with E-state index in [-0.39, 0.29) is 17.3 Å². The third-order valence-electron chi connectivity index (χ3n) is 4.59. The largest absolute Gasteiger partial charge is 0.441 e. The molecule has 2 aromatic rings. The number of rotatable bonds is 2. The van der Waals surface area contributed by atoms with Crippen LogP contribution in [0, 0.1) is 11.2 Å². The van der Waals surface area contributed by atoms with Crippen molar-refractivity contribution in [3.8, 4) is 11.1 Å². The molecular formula is C19H20FNO2. The van der Waals surface area contributed by atoms with E-state index < -0.39 is 6.09 Å². The second kappa shape index (κ2) is 5.69. The van der Waals surface area contributed by atoms with Crippen LogP contribution in [0.25, 0.3) is 11.1 Å². The fraction of sp³-hybridized carbons (Fsp3) is 0.316. The number of hydrogen-bond donors (Lipinski definition) is 1. The van der Waals surface area contributed by atoms with Gasteiger partial charge in [-0.1, -0.05) is 44.2 Å². The lowest BCUT2D eigenvalue weighted by atomic mass is 9.71. The molecule has 1 unspecified atom stereocenters. The summed E-state index contributed by atoms with van der Waals surface area (Å²) < 4.78 is 18.5. The first-order chi connectivity index (χ1) is 10.9. The topological polar surface area (TPSA) is 52.3 Å². The number of fused-ring (bicyclic) bond motifs is 1. The Labute approximate surface area is 135 Å². The normalized spacial score (nSPS) is 19.0. The van der Waals surface area contributed by atoms with Gasteiger partial charge in [0.1, 0.15) is 11.9 Å². The van der Waals surface area contributed by atoms with Crippen LogP contribution in [0.15, 0.2) is 42.5 Å². The average Bonchev–Trinajstić information content (AvgIpc) is 2.50. The number of halogens is 1. The van der Waals surface area contributed by atoms with Crippen LogP contribution in [-0.2, 0) is 11.2 Å². The number of nitrogens with two attached hydrogens (primary N) is 1. The second-order valence-corrected chi connectivity index (χ2v) is 6.73. The molecular weight excluding hydrogens is 293 g/mol. The quantitative estimate of drug-likeness (QED) is 0.880. The molecule has 0 saturated heterocycles. The van der Waals surface area contributed by atoms with Crippen LogP contribution in [-0.4, -0.2) is 6.09 Å². The highest BCUT2D eigenvalue weighted by Gasteiger charge is 2.38. The fourth-order valence-corrected chi connectivity index (χ4v) is 3.25. The smallest absolute Gasteiger partial charge is 0.405 e. The van der Waals surface area contributed by atoms with Gasteiger partial charge in [-0.25, -0.2) is 9.18 Å². The molecule has 0 aromatic heterocycles. The molecule has 1 aliphatic carbocycles. The summed E-state index contributed by atoms with van der Waals surface area (Å²) in [5.41, 5.74) is 9.24. The summed E-state index contributed by atoms with van der Waals surface area (Å²) in [6.07, 6.45) is 0.727. The predicted molar refractivity (Wildman–Crippen MR) is 87.3 cm³/mol. The summed E-state index contributed by atoms with van der Waals surface area (Å²) in [5.74, 6) is -0.247. The Hall–Kier alpha value is -2.36. The number of amides is 1. The number of hydrogen-bond acceptors (Lipinski definition) is 2. The SMILES string of the molecule is CC1(C)CCc2cc(-c3ccc(F)cc3)ccc2C1OC(N)=O. The molecule has 1 aliphatic rings. The maximum Gasteiger partial charge on any atom is 0.405 e. The van der Waals surface area contributed by atoms with E-state index in [9.17, 15) is 9.18 Å². The van der Waals surface area contributed by atoms with Crippen LogP contribution in [0.1, 0.15) is 37.5 Å². The molecule has 2 N–H and O–H groups in total. The number of carbonyl (C=O) groups excluding carboxylic acids is 1. The van der Waals surface area contributed by atoms with Crippen molar-refractivity contribution in [2.75, 3.05) is 0 Å². The van der Waals surface area contributed by atoms with Crippen LogP contribution in [0.2, 0.25) is 0 Å². The second-order valence-electron chi connectivity index (χ2n) is 6.73. The summed E-state index contributed by atoms with van der Waals surface area (Å²) in [7, 11) is 0. The van der Waals surface area contributed by atoms with Crippen molar-refractivity contribution in [1.29, 1.82) is 0 Å². The highest BCUT2D eigenvalue weighted by atomic mass is 19.1. The summed E-state index contributed by atoms with van der Waals surface area (Å²) in [5, 5.41) is 0. The molecule has 0 saturated carbocycles. The van der Waals surface area contributed by atoms with Gasteiger partial charge in [-0.15, -0.1) is 0 Å². The van der Waals surface area contributed by atoms with Crippen LogP contribution in [0.5, 0.6) is 0 Å². The molecule has 0 fully saturated rings. The van der Waals surface area contributed by atoms with Gasteiger partial charge in [0.15, 0.2) is 0 Å². The molecule has 23 heavy (non-hydrogen) atoms. The van der Waals surface area contributed by atoms with Gasteiger partial charge in [0.05, 0.1) is 0 Å². The van der Waals surface area contributed by atoms with E-state index >= 15 is 0 Å². The first kappa shape index (κ1) is 15.5. The van der Waals surface area contributed by atoms with Gasteiger partial charge in [-0.2, -0.15) is 0 Å². The molecule has 1 amide bonds. The van der Waals surface area contributed by atoms with Gasteiger partial charge in [0, 0.05) is 5.41 Å². The van der Waals surface area contributed by atoms with Crippen LogP contribution in [0.4, 0.5) is 9.18 Å². The summed E-state index contributed by atoms with van der Waals surface area (Å²) in [4.78, 5) is 11.2. The van der Waals surface area contributed by atoms with E-state index in [0.29, 0.717) is 0 Å². The third-order valence-corrected chi connectivity index (χ3v) is 4.59. The van der Waals surface area contributed by atoms with Crippen molar-refractivity contribution in [1.82, 2.24) is 0 Å². The van der Waals surface area contributed by atoms with Crippen LogP contribution in [0.3, 0.4) is 0 Å². The summed E-state index contributed by atoms with van der Waals surface area (Å²) in [6, 6.07) is 12.5. The Morgan fingerprint density at radius 1 is 1.17 bits per heavy atom. The lowest BCUT2D eigenvalue weighted by Gasteiger charge is -2.39. The van der Waals surface area contributed by atoms with Crippen molar-refractivity contribution in [2.45, 2.75) is 32.8 Å². The number of primary amides is 1. The Balaban J connectivity index is 2.00. The van der Waals surface area contributed by atoms with E-state index in [1.807, 2.05) is 12.1 Å². The number of ether oxygens (including phenoxy) is 1. The molecule has 3 rings (SSSR count). The maximum atomic E-state index is 13.1. The first-order valence-corrected chi connectivity index (χ1v) is 7.72. The van der Waals surface area contributed by atoms with Gasteiger partial charge in [-0.3, -0.25) is 0 Å². The number of benzene rings is 2. The Kier molecular flexibility index (Phi) is 3.84. The van der Waals surface area contributed by atoms with Gasteiger partial charge >= 0.3 is 6.09 Å². The molecule has 0 bridgehead atoms. The van der Waals surface area contributed by atoms with E-state index in [1.54, 1.807) is 12.1 Å². The van der Waals surface area contributed by atoms with Crippen molar-refractivity contribution in [3.63, 3.8) is 0 Å². The minimum Gasteiger partial charge on any atom is -0.441 e. The lowest BCUT2D eigenvalue weighted by molar-refractivity contribution is 0.0147. The first-order valence-electron chi connectivity index (χ1n) is 7.72. The molecule has 0 spiro atoms. The van der Waals surface area contributed by atoms with Gasteiger partial charge in [-0.05, 0) is 47.2 Å². The zero-order chi connectivity index (χ0) is 16.6. The minimum absolute atomic E-state index is 0.153. The van der Waals surface area contributed by atoms with E-state index in [0.717, 1.165) is 35.1 Å². The van der Waals surface area contributed by atoms with Gasteiger partial charge in [0.2, 0.25) is 0 Å². The van der Waals surface area contributed by atoms with E-state index in [2.05, 4.69) is 19.9 Å². The van der Waals surface area contributed by atoms with Crippen molar-refractivity contribution in [2.24, 2.45) is 11.1 Å². The fourth-order valence-electron chi connectivity index (χ4n) is 3.25. The Morgan fingerprint density at radius 2 is 1.83 bits per heavy atom. The monoisotopic (exact) mass is 313 g/mol. The third kappa shape index (κ3) is 3.07. The highest BCUT2D eigenvalue weighted by molar-refractivity contribution is 5.67. The number of carbonyl (C=O) groups is 1. The predicted octanol–water partition coefficient (Wildman–Crippen LogP) is 4.60. The average molecular weight is 313 g/mol. The zero-order valence-electron chi connectivity index (χ0n) is 13.3. The maximum absolute atomic E-state index is 13.1. The molecule has 0 aliphatic heterocycles. The van der Waals surface area contributed by atoms with E-state index in [1.165, 1.54) is 12.1 Å². The van der Waals surface area contributed by atoms with E-state index in [4.69, 9.17) is 10.5 Å². The zero-order valence-corrected chi connectivity index (χ0v) is 13.3. The molecule has 120 valence electrons. The molecule has 4 heteroatoms. The van der Waals surface area contributed by atoms with Crippen LogP contribution < -0.4 is 5.73 Å². The summed E-state index contributed by atoms with van der Waals surface area (Å²) >= 11 is 0. The lowest BCUT2D eigenvalue weighted by Crippen LogP contribution is -2.33. The molecule has 0 radical (unpaired) electrons. The Bertz CT molecular complexity index is 738. The van der Waals surface area contributed by atoms with Crippen molar-refractivity contribution < 1.29 is 13.9 Å².